The third-order valence-electron chi connectivity index (χ3n) is 2.83. The van der Waals surface area contributed by atoms with Gasteiger partial charge in [0, 0.05) is 12.0 Å². The van der Waals surface area contributed by atoms with E-state index >= 15 is 0 Å². The molecule has 0 aliphatic heterocycles. The van der Waals surface area contributed by atoms with Gasteiger partial charge in [0.05, 0.1) is 17.4 Å². The number of halogens is 4. The largest absolute Gasteiger partial charge is 0.481 e. The molecule has 0 spiro atoms. The predicted octanol–water partition coefficient (Wildman–Crippen LogP) is 3.56. The number of carboxylic acids is 1. The van der Waals surface area contributed by atoms with Gasteiger partial charge in [0.1, 0.15) is 5.15 Å². The number of nitrogens with zero attached hydrogens (tertiary/aromatic N) is 2. The Bertz CT molecular complexity index is 668. The quantitative estimate of drug-likeness (QED) is 0.937. The number of carboxylic acid groups (broad SMARTS) is 1. The van der Waals surface area contributed by atoms with Crippen LogP contribution in [0.15, 0.2) is 30.5 Å². The summed E-state index contributed by atoms with van der Waals surface area (Å²) in [4.78, 5) is 10.5. The summed E-state index contributed by atoms with van der Waals surface area (Å²) in [6, 6.07) is 4.90. The maximum atomic E-state index is 13.0. The van der Waals surface area contributed by atoms with E-state index < -0.39 is 17.7 Å². The van der Waals surface area contributed by atoms with E-state index in [1.165, 1.54) is 24.4 Å². The zero-order valence-electron chi connectivity index (χ0n) is 10.6. The average Bonchev–Trinajstić information content (AvgIpc) is 2.76. The minimum Gasteiger partial charge on any atom is -0.481 e. The van der Waals surface area contributed by atoms with Gasteiger partial charge in [-0.25, -0.2) is 4.68 Å². The molecule has 21 heavy (non-hydrogen) atoms. The number of aryl methyl sites for hydroxylation is 1. The van der Waals surface area contributed by atoms with Crippen LogP contribution in [0.3, 0.4) is 0 Å². The molecule has 1 aromatic heterocycles. The van der Waals surface area contributed by atoms with E-state index in [1.54, 1.807) is 0 Å². The Balaban J connectivity index is 2.42. The lowest BCUT2D eigenvalue weighted by Crippen LogP contribution is -2.11. The van der Waals surface area contributed by atoms with Crippen molar-refractivity contribution in [3.63, 3.8) is 0 Å². The van der Waals surface area contributed by atoms with Crippen LogP contribution in [0.1, 0.15) is 17.5 Å². The van der Waals surface area contributed by atoms with Gasteiger partial charge < -0.3 is 5.11 Å². The first kappa shape index (κ1) is 15.4. The summed E-state index contributed by atoms with van der Waals surface area (Å²) in [5.41, 5.74) is -0.674. The van der Waals surface area contributed by atoms with Crippen LogP contribution in [-0.2, 0) is 17.4 Å². The van der Waals surface area contributed by atoms with Gasteiger partial charge in [0.25, 0.3) is 0 Å². The molecule has 1 aromatic carbocycles. The van der Waals surface area contributed by atoms with E-state index in [1.807, 2.05) is 0 Å². The van der Waals surface area contributed by atoms with Gasteiger partial charge in [-0.1, -0.05) is 23.7 Å². The molecule has 4 nitrogen and oxygen atoms in total. The van der Waals surface area contributed by atoms with Crippen LogP contribution in [0.2, 0.25) is 5.15 Å². The Kier molecular flexibility index (Phi) is 4.22. The van der Waals surface area contributed by atoms with Crippen molar-refractivity contribution < 1.29 is 23.1 Å². The molecule has 1 heterocycles. The van der Waals surface area contributed by atoms with Gasteiger partial charge in [0.2, 0.25) is 0 Å². The Morgan fingerprint density at radius 1 is 1.33 bits per heavy atom. The zero-order valence-corrected chi connectivity index (χ0v) is 11.3. The molecule has 0 bridgehead atoms. The lowest BCUT2D eigenvalue weighted by molar-refractivity contribution is -0.138. The van der Waals surface area contributed by atoms with Gasteiger partial charge in [-0.3, -0.25) is 4.79 Å². The molecule has 0 aliphatic rings. The highest BCUT2D eigenvalue weighted by molar-refractivity contribution is 6.30. The van der Waals surface area contributed by atoms with Crippen molar-refractivity contribution in [3.8, 4) is 5.69 Å². The van der Waals surface area contributed by atoms with Crippen LogP contribution in [0.5, 0.6) is 0 Å². The van der Waals surface area contributed by atoms with E-state index in [4.69, 9.17) is 16.7 Å². The molecule has 2 rings (SSSR count). The molecule has 0 fully saturated rings. The number of hydrogen-bond donors (Lipinski definition) is 1. The lowest BCUT2D eigenvalue weighted by atomic mass is 10.1. The Hall–Kier alpha value is -2.02. The van der Waals surface area contributed by atoms with E-state index in [2.05, 4.69) is 5.10 Å². The average molecular weight is 319 g/mol. The van der Waals surface area contributed by atoms with Crippen LogP contribution < -0.4 is 0 Å². The summed E-state index contributed by atoms with van der Waals surface area (Å²) in [5.74, 6) is -1.02. The first-order valence-electron chi connectivity index (χ1n) is 5.91. The second kappa shape index (κ2) is 5.77. The zero-order chi connectivity index (χ0) is 15.6. The summed E-state index contributed by atoms with van der Waals surface area (Å²) in [5, 5.41) is 12.4. The molecule has 0 saturated heterocycles. The second-order valence-electron chi connectivity index (χ2n) is 4.28. The molecular weight excluding hydrogens is 309 g/mol. The molecule has 0 atom stereocenters. The fourth-order valence-corrected chi connectivity index (χ4v) is 2.12. The molecule has 0 aliphatic carbocycles. The number of rotatable bonds is 4. The fraction of sp³-hybridized carbons (Fsp3) is 0.231. The van der Waals surface area contributed by atoms with Gasteiger partial charge in [-0.2, -0.15) is 18.3 Å². The molecule has 112 valence electrons. The van der Waals surface area contributed by atoms with Crippen molar-refractivity contribution in [2.24, 2.45) is 0 Å². The fourth-order valence-electron chi connectivity index (χ4n) is 1.84. The van der Waals surface area contributed by atoms with E-state index in [0.29, 0.717) is 5.56 Å². The van der Waals surface area contributed by atoms with Crippen LogP contribution in [0.4, 0.5) is 13.2 Å². The Morgan fingerprint density at radius 2 is 2.00 bits per heavy atom. The van der Waals surface area contributed by atoms with Crippen LogP contribution in [-0.4, -0.2) is 20.9 Å². The lowest BCUT2D eigenvalue weighted by Gasteiger charge is -2.13. The summed E-state index contributed by atoms with van der Waals surface area (Å²) >= 11 is 6.00. The first-order valence-corrected chi connectivity index (χ1v) is 6.29. The highest BCUT2D eigenvalue weighted by atomic mass is 35.5. The molecule has 0 unspecified atom stereocenters. The number of aliphatic carboxylic acids is 1. The minimum atomic E-state index is -4.53. The van der Waals surface area contributed by atoms with Crippen molar-refractivity contribution in [1.29, 1.82) is 0 Å². The summed E-state index contributed by atoms with van der Waals surface area (Å²) in [6.45, 7) is 0. The molecule has 2 aromatic rings. The standard InChI is InChI=1S/C13H10ClF3N2O2/c14-12-8(5-6-11(20)21)7-18-19(12)10-4-2-1-3-9(10)13(15,16)17/h1-4,7H,5-6H2,(H,20,21). The van der Waals surface area contributed by atoms with Crippen LogP contribution in [0, 0.1) is 0 Å². The van der Waals surface area contributed by atoms with Crippen LogP contribution in [0.25, 0.3) is 5.69 Å². The summed E-state index contributed by atoms with van der Waals surface area (Å²) in [7, 11) is 0. The van der Waals surface area contributed by atoms with Crippen molar-refractivity contribution in [3.05, 3.63) is 46.7 Å². The smallest absolute Gasteiger partial charge is 0.418 e. The topological polar surface area (TPSA) is 55.1 Å². The number of alkyl halides is 3. The van der Waals surface area contributed by atoms with Crippen molar-refractivity contribution in [1.82, 2.24) is 9.78 Å². The third-order valence-corrected chi connectivity index (χ3v) is 3.23. The minimum absolute atomic E-state index is 0.0204. The molecule has 1 N–H and O–H groups in total. The molecule has 0 amide bonds. The maximum absolute atomic E-state index is 13.0. The molecule has 0 radical (unpaired) electrons. The second-order valence-corrected chi connectivity index (χ2v) is 4.64. The summed E-state index contributed by atoms with van der Waals surface area (Å²) < 4.78 is 39.9. The summed E-state index contributed by atoms with van der Waals surface area (Å²) in [6.07, 6.45) is -3.33. The molecule has 0 saturated carbocycles. The Labute approximate surface area is 122 Å². The van der Waals surface area contributed by atoms with Crippen molar-refractivity contribution in [2.75, 3.05) is 0 Å². The van der Waals surface area contributed by atoms with Crippen molar-refractivity contribution in [2.45, 2.75) is 19.0 Å². The van der Waals surface area contributed by atoms with Gasteiger partial charge in [-0.05, 0) is 18.6 Å². The number of hydrogen-bond acceptors (Lipinski definition) is 2. The predicted molar refractivity (Wildman–Crippen MR) is 69.5 cm³/mol. The normalized spacial score (nSPS) is 11.6. The number of benzene rings is 1. The highest BCUT2D eigenvalue weighted by Crippen LogP contribution is 2.35. The molecular formula is C13H10ClF3N2O2. The Morgan fingerprint density at radius 3 is 2.62 bits per heavy atom. The number of aromatic nitrogens is 2. The van der Waals surface area contributed by atoms with Gasteiger partial charge in [0.15, 0.2) is 0 Å². The number of carbonyl (C=O) groups is 1. The molecule has 8 heteroatoms. The van der Waals surface area contributed by atoms with Crippen LogP contribution >= 0.6 is 11.6 Å². The number of para-hydroxylation sites is 1. The van der Waals surface area contributed by atoms with Gasteiger partial charge in [-0.15, -0.1) is 0 Å². The monoisotopic (exact) mass is 318 g/mol. The third kappa shape index (κ3) is 3.36. The van der Waals surface area contributed by atoms with E-state index in [-0.39, 0.29) is 23.7 Å². The van der Waals surface area contributed by atoms with E-state index in [0.717, 1.165) is 10.7 Å². The van der Waals surface area contributed by atoms with E-state index in [9.17, 15) is 18.0 Å². The van der Waals surface area contributed by atoms with Gasteiger partial charge >= 0.3 is 12.1 Å². The van der Waals surface area contributed by atoms with Crippen molar-refractivity contribution >= 4 is 17.6 Å². The SMILES string of the molecule is O=C(O)CCc1cnn(-c2ccccc2C(F)(F)F)c1Cl. The maximum Gasteiger partial charge on any atom is 0.418 e. The first-order chi connectivity index (χ1) is 9.80. The highest BCUT2D eigenvalue weighted by Gasteiger charge is 2.34.